The Morgan fingerprint density at radius 1 is 1.22 bits per heavy atom. The predicted octanol–water partition coefficient (Wildman–Crippen LogP) is 2.50. The standard InChI is InChI=1S/C21H27NO5/c1-21(12-7-6-10-16(21)23)19-18(27-14-15-8-4-3-5-9-15)20(25)22(19)13-11-17(24)26-2/h3-5,8-9,18-19H,6-7,10-14H2,1-2H3/t18-,19-,21-/m1/s1. The van der Waals surface area contributed by atoms with Gasteiger partial charge in [-0.3, -0.25) is 14.4 Å². The highest BCUT2D eigenvalue weighted by Crippen LogP contribution is 2.45. The highest BCUT2D eigenvalue weighted by molar-refractivity contribution is 5.94. The lowest BCUT2D eigenvalue weighted by molar-refractivity contribution is -0.192. The maximum absolute atomic E-state index is 12.7. The molecule has 0 radical (unpaired) electrons. The van der Waals surface area contributed by atoms with Gasteiger partial charge in [-0.1, -0.05) is 43.7 Å². The first-order valence-corrected chi connectivity index (χ1v) is 9.53. The third-order valence-corrected chi connectivity index (χ3v) is 5.85. The third kappa shape index (κ3) is 3.90. The third-order valence-electron chi connectivity index (χ3n) is 5.85. The van der Waals surface area contributed by atoms with Gasteiger partial charge in [0, 0.05) is 18.4 Å². The van der Waals surface area contributed by atoms with Crippen LogP contribution in [0.25, 0.3) is 0 Å². The van der Waals surface area contributed by atoms with Crippen molar-refractivity contribution in [2.24, 2.45) is 5.41 Å². The number of Topliss-reactive ketones (excluding diaryl/α,β-unsaturated/α-hetero) is 1. The minimum absolute atomic E-state index is 0.119. The number of likely N-dealkylation sites (tertiary alicyclic amines) is 1. The molecule has 0 spiro atoms. The molecule has 1 amide bonds. The Morgan fingerprint density at radius 2 is 1.96 bits per heavy atom. The van der Waals surface area contributed by atoms with Crippen LogP contribution in [0.5, 0.6) is 0 Å². The number of esters is 1. The molecule has 2 fully saturated rings. The van der Waals surface area contributed by atoms with E-state index in [0.29, 0.717) is 13.0 Å². The van der Waals surface area contributed by atoms with Gasteiger partial charge in [0.15, 0.2) is 6.10 Å². The number of ether oxygens (including phenoxy) is 2. The molecule has 1 aromatic carbocycles. The lowest BCUT2D eigenvalue weighted by atomic mass is 9.64. The minimum Gasteiger partial charge on any atom is -0.469 e. The average molecular weight is 373 g/mol. The van der Waals surface area contributed by atoms with E-state index in [-0.39, 0.29) is 36.7 Å². The van der Waals surface area contributed by atoms with E-state index in [1.807, 2.05) is 37.3 Å². The van der Waals surface area contributed by atoms with Crippen LogP contribution in [0.2, 0.25) is 0 Å². The molecule has 3 atom stereocenters. The van der Waals surface area contributed by atoms with E-state index < -0.39 is 11.5 Å². The largest absolute Gasteiger partial charge is 0.469 e. The molecular formula is C21H27NO5. The van der Waals surface area contributed by atoms with Crippen molar-refractivity contribution in [1.29, 1.82) is 0 Å². The van der Waals surface area contributed by atoms with E-state index in [1.54, 1.807) is 4.90 Å². The van der Waals surface area contributed by atoms with Crippen molar-refractivity contribution in [3.8, 4) is 0 Å². The highest BCUT2D eigenvalue weighted by atomic mass is 16.5. The molecule has 2 aliphatic rings. The van der Waals surface area contributed by atoms with Crippen LogP contribution in [0.1, 0.15) is 44.6 Å². The number of ketones is 1. The molecule has 1 aliphatic carbocycles. The average Bonchev–Trinajstić information content (AvgIpc) is 2.68. The van der Waals surface area contributed by atoms with Crippen molar-refractivity contribution in [2.75, 3.05) is 13.7 Å². The van der Waals surface area contributed by atoms with E-state index in [1.165, 1.54) is 7.11 Å². The van der Waals surface area contributed by atoms with Crippen LogP contribution in [0.3, 0.4) is 0 Å². The predicted molar refractivity (Wildman–Crippen MR) is 98.7 cm³/mol. The topological polar surface area (TPSA) is 72.9 Å². The van der Waals surface area contributed by atoms with Gasteiger partial charge < -0.3 is 14.4 Å². The van der Waals surface area contributed by atoms with Crippen LogP contribution in [-0.4, -0.2) is 48.4 Å². The van der Waals surface area contributed by atoms with Gasteiger partial charge in [0.25, 0.3) is 5.91 Å². The fourth-order valence-corrected chi connectivity index (χ4v) is 4.20. The molecule has 0 bridgehead atoms. The molecule has 1 saturated carbocycles. The van der Waals surface area contributed by atoms with Crippen molar-refractivity contribution in [1.82, 2.24) is 4.90 Å². The fraction of sp³-hybridized carbons (Fsp3) is 0.571. The van der Waals surface area contributed by atoms with Crippen molar-refractivity contribution in [3.05, 3.63) is 35.9 Å². The molecule has 146 valence electrons. The van der Waals surface area contributed by atoms with Crippen LogP contribution in [0, 0.1) is 5.41 Å². The van der Waals surface area contributed by atoms with E-state index >= 15 is 0 Å². The summed E-state index contributed by atoms with van der Waals surface area (Å²) in [4.78, 5) is 38.6. The molecule has 1 aromatic rings. The maximum Gasteiger partial charge on any atom is 0.307 e. The molecule has 1 saturated heterocycles. The summed E-state index contributed by atoms with van der Waals surface area (Å²) in [6.07, 6.45) is 2.61. The Balaban J connectivity index is 1.75. The van der Waals surface area contributed by atoms with E-state index in [4.69, 9.17) is 4.74 Å². The Morgan fingerprint density at radius 3 is 2.63 bits per heavy atom. The zero-order valence-electron chi connectivity index (χ0n) is 16.0. The van der Waals surface area contributed by atoms with Gasteiger partial charge >= 0.3 is 5.97 Å². The van der Waals surface area contributed by atoms with Gasteiger partial charge in [-0.25, -0.2) is 0 Å². The van der Waals surface area contributed by atoms with Crippen molar-refractivity contribution >= 4 is 17.7 Å². The summed E-state index contributed by atoms with van der Waals surface area (Å²) < 4.78 is 10.6. The molecule has 1 heterocycles. The van der Waals surface area contributed by atoms with Gasteiger partial charge in [0.2, 0.25) is 0 Å². The molecule has 0 unspecified atom stereocenters. The van der Waals surface area contributed by atoms with E-state index in [9.17, 15) is 14.4 Å². The maximum atomic E-state index is 12.7. The van der Waals surface area contributed by atoms with Crippen LogP contribution >= 0.6 is 0 Å². The van der Waals surface area contributed by atoms with Crippen molar-refractivity contribution in [3.63, 3.8) is 0 Å². The Kier molecular flexibility index (Phi) is 5.95. The number of benzene rings is 1. The summed E-state index contributed by atoms with van der Waals surface area (Å²) in [5, 5.41) is 0. The number of β-lactam (4-membered cyclic amide) rings is 1. The zero-order chi connectivity index (χ0) is 19.4. The molecule has 27 heavy (non-hydrogen) atoms. The van der Waals surface area contributed by atoms with Crippen LogP contribution < -0.4 is 0 Å². The first-order valence-electron chi connectivity index (χ1n) is 9.53. The SMILES string of the molecule is COC(=O)CCN1C(=O)[C@H](OCc2ccccc2)[C@@H]1[C@]1(C)CCCCC1=O. The molecular weight excluding hydrogens is 346 g/mol. The smallest absolute Gasteiger partial charge is 0.307 e. The summed E-state index contributed by atoms with van der Waals surface area (Å²) in [7, 11) is 1.33. The quantitative estimate of drug-likeness (QED) is 0.542. The van der Waals surface area contributed by atoms with Gasteiger partial charge in [-0.15, -0.1) is 0 Å². The van der Waals surface area contributed by atoms with Crippen molar-refractivity contribution < 1.29 is 23.9 Å². The first-order chi connectivity index (χ1) is 13.0. The monoisotopic (exact) mass is 373 g/mol. The summed E-state index contributed by atoms with van der Waals surface area (Å²) in [6, 6.07) is 9.34. The van der Waals surface area contributed by atoms with Crippen LogP contribution in [0.4, 0.5) is 0 Å². The Labute approximate surface area is 159 Å². The summed E-state index contributed by atoms with van der Waals surface area (Å²) >= 11 is 0. The summed E-state index contributed by atoms with van der Waals surface area (Å²) in [5.74, 6) is -0.336. The molecule has 3 rings (SSSR count). The normalized spacial score (nSPS) is 28.0. The van der Waals surface area contributed by atoms with Gasteiger partial charge in [-0.2, -0.15) is 0 Å². The number of methoxy groups -OCH3 is 1. The second-order valence-corrected chi connectivity index (χ2v) is 7.57. The fourth-order valence-electron chi connectivity index (χ4n) is 4.20. The van der Waals surface area contributed by atoms with Crippen LogP contribution in [-0.2, 0) is 30.5 Å². The van der Waals surface area contributed by atoms with E-state index in [0.717, 1.165) is 24.8 Å². The van der Waals surface area contributed by atoms with Gasteiger partial charge in [0.1, 0.15) is 5.78 Å². The number of hydrogen-bond donors (Lipinski definition) is 0. The number of nitrogens with zero attached hydrogens (tertiary/aromatic N) is 1. The number of carbonyl (C=O) groups is 3. The lowest BCUT2D eigenvalue weighted by Crippen LogP contribution is -2.72. The second kappa shape index (κ2) is 8.21. The first kappa shape index (κ1) is 19.5. The van der Waals surface area contributed by atoms with Gasteiger partial charge in [0.05, 0.1) is 26.2 Å². The molecule has 6 nitrogen and oxygen atoms in total. The second-order valence-electron chi connectivity index (χ2n) is 7.57. The lowest BCUT2D eigenvalue weighted by Gasteiger charge is -2.55. The zero-order valence-corrected chi connectivity index (χ0v) is 16.0. The molecule has 0 aromatic heterocycles. The summed E-state index contributed by atoms with van der Waals surface area (Å²) in [5.41, 5.74) is 0.362. The Bertz CT molecular complexity index is 704. The van der Waals surface area contributed by atoms with Crippen LogP contribution in [0.15, 0.2) is 30.3 Å². The minimum atomic E-state index is -0.644. The van der Waals surface area contributed by atoms with Crippen molar-refractivity contribution in [2.45, 2.75) is 57.8 Å². The highest BCUT2D eigenvalue weighted by Gasteiger charge is 2.59. The Hall–Kier alpha value is -2.21. The number of carbonyl (C=O) groups excluding carboxylic acids is 3. The number of hydrogen-bond acceptors (Lipinski definition) is 5. The molecule has 1 aliphatic heterocycles. The van der Waals surface area contributed by atoms with Gasteiger partial charge in [-0.05, 0) is 18.4 Å². The molecule has 0 N–H and O–H groups in total. The summed E-state index contributed by atoms with van der Waals surface area (Å²) in [6.45, 7) is 2.52. The molecule has 6 heteroatoms. The number of rotatable bonds is 7. The van der Waals surface area contributed by atoms with E-state index in [2.05, 4.69) is 4.74 Å². The number of amides is 1.